The number of pyridine rings is 1. The Kier molecular flexibility index (Phi) is 7.56. The van der Waals surface area contributed by atoms with Gasteiger partial charge >= 0.3 is 0 Å². The molecule has 6 nitrogen and oxygen atoms in total. The van der Waals surface area contributed by atoms with E-state index in [0.717, 1.165) is 87.9 Å². The van der Waals surface area contributed by atoms with Gasteiger partial charge in [0.1, 0.15) is 0 Å². The molecule has 2 aliphatic heterocycles. The molecular formula is C24H35N5OS. The van der Waals surface area contributed by atoms with Crippen molar-refractivity contribution in [3.8, 4) is 0 Å². The molecule has 1 amide bonds. The fourth-order valence-electron chi connectivity index (χ4n) is 4.67. The molecule has 0 bridgehead atoms. The number of hydrogen-bond acceptors (Lipinski definition) is 6. The number of amides is 1. The predicted octanol–water partition coefficient (Wildman–Crippen LogP) is 4.39. The topological polar surface area (TPSA) is 52.6 Å². The smallest absolute Gasteiger partial charge is 0.255 e. The molecule has 2 saturated heterocycles. The summed E-state index contributed by atoms with van der Waals surface area (Å²) in [5, 5.41) is 1.14. The van der Waals surface area contributed by atoms with Crippen LogP contribution < -0.4 is 4.90 Å². The number of anilines is 1. The van der Waals surface area contributed by atoms with Crippen molar-refractivity contribution in [2.75, 3.05) is 44.2 Å². The lowest BCUT2D eigenvalue weighted by Gasteiger charge is -2.31. The standard InChI is InChI=1S/C24H35N5OS/c1-3-28(4-2)24-26-17-21(31-24)18-27-14-10-19(11-15-27)22-9-8-20(16-25-22)23(30)29-12-6-5-7-13-29/h8-9,16-17,19H,3-7,10-15,18H2,1-2H3. The molecule has 0 atom stereocenters. The third-order valence-corrected chi connectivity index (χ3v) is 7.68. The number of carbonyl (C=O) groups excluding carboxylic acids is 1. The van der Waals surface area contributed by atoms with Crippen molar-refractivity contribution in [2.45, 2.75) is 58.4 Å². The normalized spacial score (nSPS) is 18.3. The Balaban J connectivity index is 1.28. The molecule has 31 heavy (non-hydrogen) atoms. The molecule has 0 N–H and O–H groups in total. The van der Waals surface area contributed by atoms with Crippen molar-refractivity contribution >= 4 is 22.4 Å². The van der Waals surface area contributed by atoms with E-state index in [2.05, 4.69) is 39.7 Å². The molecule has 7 heteroatoms. The van der Waals surface area contributed by atoms with Crippen LogP contribution in [0.5, 0.6) is 0 Å². The second kappa shape index (κ2) is 10.6. The van der Waals surface area contributed by atoms with E-state index in [1.54, 1.807) is 6.20 Å². The highest BCUT2D eigenvalue weighted by molar-refractivity contribution is 7.15. The Morgan fingerprint density at radius 1 is 1.03 bits per heavy atom. The maximum absolute atomic E-state index is 12.7. The molecule has 0 aromatic carbocycles. The summed E-state index contributed by atoms with van der Waals surface area (Å²) >= 11 is 1.82. The van der Waals surface area contributed by atoms with Crippen molar-refractivity contribution in [3.05, 3.63) is 40.7 Å². The first kappa shape index (κ1) is 22.2. The highest BCUT2D eigenvalue weighted by atomic mass is 32.1. The van der Waals surface area contributed by atoms with E-state index < -0.39 is 0 Å². The van der Waals surface area contributed by atoms with Gasteiger partial charge in [0.25, 0.3) is 5.91 Å². The summed E-state index contributed by atoms with van der Waals surface area (Å²) in [7, 11) is 0. The quantitative estimate of drug-likeness (QED) is 0.638. The predicted molar refractivity (Wildman–Crippen MR) is 127 cm³/mol. The van der Waals surface area contributed by atoms with Crippen LogP contribution in [0.15, 0.2) is 24.5 Å². The van der Waals surface area contributed by atoms with E-state index in [0.29, 0.717) is 5.92 Å². The van der Waals surface area contributed by atoms with Crippen LogP contribution in [0.3, 0.4) is 0 Å². The zero-order valence-electron chi connectivity index (χ0n) is 18.9. The van der Waals surface area contributed by atoms with Crippen LogP contribution in [-0.4, -0.2) is 64.9 Å². The molecular weight excluding hydrogens is 406 g/mol. The lowest BCUT2D eigenvalue weighted by Crippen LogP contribution is -2.35. The number of thiazole rings is 1. The molecule has 0 unspecified atom stereocenters. The lowest BCUT2D eigenvalue weighted by molar-refractivity contribution is 0.0724. The maximum atomic E-state index is 12.7. The summed E-state index contributed by atoms with van der Waals surface area (Å²) in [5.74, 6) is 0.630. The van der Waals surface area contributed by atoms with Gasteiger partial charge in [0.05, 0.1) is 5.56 Å². The third-order valence-electron chi connectivity index (χ3n) is 6.64. The Morgan fingerprint density at radius 2 is 1.77 bits per heavy atom. The Bertz CT molecular complexity index is 834. The molecule has 2 aromatic rings. The minimum atomic E-state index is 0.141. The molecule has 4 rings (SSSR count). The largest absolute Gasteiger partial charge is 0.349 e. The average Bonchev–Trinajstić information content (AvgIpc) is 3.29. The molecule has 0 saturated carbocycles. The van der Waals surface area contributed by atoms with Gasteiger partial charge in [-0.05, 0) is 71.2 Å². The fourth-order valence-corrected chi connectivity index (χ4v) is 5.75. The van der Waals surface area contributed by atoms with Crippen LogP contribution >= 0.6 is 11.3 Å². The highest BCUT2D eigenvalue weighted by Crippen LogP contribution is 2.29. The number of nitrogens with zero attached hydrogens (tertiary/aromatic N) is 5. The number of carbonyl (C=O) groups is 1. The number of rotatable bonds is 7. The van der Waals surface area contributed by atoms with Gasteiger partial charge in [-0.25, -0.2) is 4.98 Å². The van der Waals surface area contributed by atoms with Gasteiger partial charge < -0.3 is 9.80 Å². The first-order valence-electron chi connectivity index (χ1n) is 11.8. The van der Waals surface area contributed by atoms with Crippen molar-refractivity contribution < 1.29 is 4.79 Å². The van der Waals surface area contributed by atoms with Crippen LogP contribution in [-0.2, 0) is 6.54 Å². The van der Waals surface area contributed by atoms with Crippen molar-refractivity contribution in [2.24, 2.45) is 0 Å². The Labute approximate surface area is 190 Å². The first-order chi connectivity index (χ1) is 15.2. The summed E-state index contributed by atoms with van der Waals surface area (Å²) < 4.78 is 0. The number of hydrogen-bond donors (Lipinski definition) is 0. The van der Waals surface area contributed by atoms with E-state index >= 15 is 0 Å². The summed E-state index contributed by atoms with van der Waals surface area (Å²) in [6, 6.07) is 4.06. The fraction of sp³-hybridized carbons (Fsp3) is 0.625. The minimum Gasteiger partial charge on any atom is -0.349 e. The van der Waals surface area contributed by atoms with E-state index in [-0.39, 0.29) is 5.91 Å². The van der Waals surface area contributed by atoms with Gasteiger partial charge in [0.15, 0.2) is 5.13 Å². The van der Waals surface area contributed by atoms with Gasteiger partial charge in [-0.2, -0.15) is 0 Å². The lowest BCUT2D eigenvalue weighted by atomic mass is 9.92. The molecule has 0 radical (unpaired) electrons. The van der Waals surface area contributed by atoms with Gasteiger partial charge in [0.2, 0.25) is 0 Å². The van der Waals surface area contributed by atoms with Gasteiger partial charge in [-0.3, -0.25) is 14.7 Å². The van der Waals surface area contributed by atoms with Crippen LogP contribution in [0, 0.1) is 0 Å². The second-order valence-electron chi connectivity index (χ2n) is 8.66. The highest BCUT2D eigenvalue weighted by Gasteiger charge is 2.23. The van der Waals surface area contributed by atoms with Crippen molar-refractivity contribution in [1.82, 2.24) is 19.8 Å². The summed E-state index contributed by atoms with van der Waals surface area (Å²) in [5.41, 5.74) is 1.87. The summed E-state index contributed by atoms with van der Waals surface area (Å²) in [6.07, 6.45) is 9.55. The van der Waals surface area contributed by atoms with Crippen molar-refractivity contribution in [1.29, 1.82) is 0 Å². The van der Waals surface area contributed by atoms with E-state index in [4.69, 9.17) is 0 Å². The van der Waals surface area contributed by atoms with Gasteiger partial charge in [0, 0.05) is 61.6 Å². The maximum Gasteiger partial charge on any atom is 0.255 e. The van der Waals surface area contributed by atoms with Crippen LogP contribution in [0.2, 0.25) is 0 Å². The van der Waals surface area contributed by atoms with Crippen molar-refractivity contribution in [3.63, 3.8) is 0 Å². The third kappa shape index (κ3) is 5.44. The molecule has 0 aliphatic carbocycles. The zero-order valence-corrected chi connectivity index (χ0v) is 19.7. The van der Waals surface area contributed by atoms with E-state index in [9.17, 15) is 4.79 Å². The molecule has 2 fully saturated rings. The Hall–Kier alpha value is -1.99. The number of aromatic nitrogens is 2. The number of likely N-dealkylation sites (tertiary alicyclic amines) is 2. The van der Waals surface area contributed by atoms with Crippen LogP contribution in [0.1, 0.15) is 72.8 Å². The van der Waals surface area contributed by atoms with Gasteiger partial charge in [-0.1, -0.05) is 0 Å². The molecule has 168 valence electrons. The zero-order chi connectivity index (χ0) is 21.6. The number of piperidine rings is 2. The molecule has 4 heterocycles. The monoisotopic (exact) mass is 441 g/mol. The first-order valence-corrected chi connectivity index (χ1v) is 12.7. The average molecular weight is 442 g/mol. The van der Waals surface area contributed by atoms with Crippen LogP contribution in [0.4, 0.5) is 5.13 Å². The summed E-state index contributed by atoms with van der Waals surface area (Å²) in [4.78, 5) is 30.1. The van der Waals surface area contributed by atoms with E-state index in [1.807, 2.05) is 28.5 Å². The second-order valence-corrected chi connectivity index (χ2v) is 9.75. The molecule has 2 aliphatic rings. The summed E-state index contributed by atoms with van der Waals surface area (Å²) in [6.45, 7) is 11.3. The van der Waals surface area contributed by atoms with E-state index in [1.165, 1.54) is 11.3 Å². The van der Waals surface area contributed by atoms with Gasteiger partial charge in [-0.15, -0.1) is 11.3 Å². The molecule has 0 spiro atoms. The SMILES string of the molecule is CCN(CC)c1ncc(CN2CCC(c3ccc(C(=O)N4CCCCC4)cn3)CC2)s1. The van der Waals surface area contributed by atoms with Crippen LogP contribution in [0.25, 0.3) is 0 Å². The molecule has 2 aromatic heterocycles. The minimum absolute atomic E-state index is 0.141. The Morgan fingerprint density at radius 3 is 2.42 bits per heavy atom.